The van der Waals surface area contributed by atoms with Crippen LogP contribution in [0.3, 0.4) is 0 Å². The van der Waals surface area contributed by atoms with Crippen LogP contribution < -0.4 is 15.4 Å². The number of ether oxygens (including phenoxy) is 2. The van der Waals surface area contributed by atoms with Gasteiger partial charge in [0.2, 0.25) is 0 Å². The van der Waals surface area contributed by atoms with Crippen molar-refractivity contribution >= 4 is 39.6 Å². The van der Waals surface area contributed by atoms with Crippen LogP contribution in [0.1, 0.15) is 132 Å². The Labute approximate surface area is 258 Å². The van der Waals surface area contributed by atoms with Gasteiger partial charge < -0.3 is 20.1 Å². The lowest BCUT2D eigenvalue weighted by atomic mass is 9.76. The highest BCUT2D eigenvalue weighted by Crippen LogP contribution is 2.39. The zero-order valence-electron chi connectivity index (χ0n) is 26.5. The van der Waals surface area contributed by atoms with Crippen molar-refractivity contribution in [1.29, 1.82) is 0 Å². The maximum atomic E-state index is 12.9. The summed E-state index contributed by atoms with van der Waals surface area (Å²) in [5.74, 6) is 0.752. The van der Waals surface area contributed by atoms with Gasteiger partial charge in [-0.2, -0.15) is 0 Å². The number of aryl methyl sites for hydroxylation is 1. The predicted octanol–water partition coefficient (Wildman–Crippen LogP) is 9.10. The standard InChI is InChI=1S/C34H52N2O3S2/c1-8-33(4,5)24-19-20-27(26(23-24)34(6,7)9-2)39-22-16-15-21-35-32(40)36-30-29(31(37)38-10-3)25-17-13-11-12-14-18-28(25)41-30/h19-20,23H,8-18,21-22H2,1-7H3,(H2,35,36,40). The number of esters is 1. The van der Waals surface area contributed by atoms with Crippen molar-refractivity contribution in [2.24, 2.45) is 0 Å². The average molecular weight is 601 g/mol. The van der Waals surface area contributed by atoms with Crippen LogP contribution in [0.5, 0.6) is 5.75 Å². The van der Waals surface area contributed by atoms with Gasteiger partial charge in [-0.05, 0) is 98.5 Å². The zero-order valence-corrected chi connectivity index (χ0v) is 28.1. The van der Waals surface area contributed by atoms with Crippen LogP contribution in [-0.4, -0.2) is 30.8 Å². The van der Waals surface area contributed by atoms with E-state index in [9.17, 15) is 4.79 Å². The summed E-state index contributed by atoms with van der Waals surface area (Å²) in [6.07, 6.45) is 10.7. The van der Waals surface area contributed by atoms with E-state index in [0.29, 0.717) is 23.9 Å². The molecule has 1 aromatic carbocycles. The summed E-state index contributed by atoms with van der Waals surface area (Å²) in [5, 5.41) is 8.02. The molecule has 228 valence electrons. The van der Waals surface area contributed by atoms with Crippen molar-refractivity contribution in [3.63, 3.8) is 0 Å². The maximum absolute atomic E-state index is 12.9. The van der Waals surface area contributed by atoms with Gasteiger partial charge in [-0.1, -0.05) is 66.5 Å². The van der Waals surface area contributed by atoms with Crippen LogP contribution in [-0.2, 0) is 28.4 Å². The fraction of sp³-hybridized carbons (Fsp3) is 0.647. The van der Waals surface area contributed by atoms with Gasteiger partial charge >= 0.3 is 5.97 Å². The van der Waals surface area contributed by atoms with Crippen molar-refractivity contribution in [1.82, 2.24) is 5.32 Å². The van der Waals surface area contributed by atoms with E-state index < -0.39 is 0 Å². The number of unbranched alkanes of at least 4 members (excludes halogenated alkanes) is 1. The third-order valence-corrected chi connectivity index (χ3v) is 10.2. The zero-order chi connectivity index (χ0) is 30.0. The fourth-order valence-electron chi connectivity index (χ4n) is 5.19. The van der Waals surface area contributed by atoms with Crippen molar-refractivity contribution in [3.8, 4) is 5.75 Å². The second-order valence-corrected chi connectivity index (χ2v) is 14.0. The Morgan fingerprint density at radius 1 is 0.976 bits per heavy atom. The van der Waals surface area contributed by atoms with Gasteiger partial charge in [-0.3, -0.25) is 0 Å². The molecule has 2 aromatic rings. The van der Waals surface area contributed by atoms with Crippen LogP contribution in [0, 0.1) is 0 Å². The highest BCUT2D eigenvalue weighted by Gasteiger charge is 2.27. The van der Waals surface area contributed by atoms with Crippen LogP contribution in [0.15, 0.2) is 18.2 Å². The molecule has 0 saturated heterocycles. The number of hydrogen-bond acceptors (Lipinski definition) is 5. The number of benzene rings is 1. The molecular weight excluding hydrogens is 549 g/mol. The average Bonchev–Trinajstić information content (AvgIpc) is 3.26. The second kappa shape index (κ2) is 15.4. The molecular formula is C34H52N2O3S2. The van der Waals surface area contributed by atoms with Crippen molar-refractivity contribution < 1.29 is 14.3 Å². The molecule has 2 N–H and O–H groups in total. The molecule has 7 heteroatoms. The SMILES string of the molecule is CCOC(=O)c1c(NC(=S)NCCCCOc2ccc(C(C)(C)CC)cc2C(C)(C)CC)sc2c1CCCCCC2. The van der Waals surface area contributed by atoms with Crippen molar-refractivity contribution in [2.75, 3.05) is 25.1 Å². The minimum Gasteiger partial charge on any atom is -0.493 e. The smallest absolute Gasteiger partial charge is 0.341 e. The number of hydrogen-bond donors (Lipinski definition) is 2. The molecule has 1 heterocycles. The summed E-state index contributed by atoms with van der Waals surface area (Å²) >= 11 is 7.28. The number of thiophene rings is 1. The first kappa shape index (κ1) is 33.4. The van der Waals surface area contributed by atoms with Gasteiger partial charge in [0.25, 0.3) is 0 Å². The first-order chi connectivity index (χ1) is 19.5. The van der Waals surface area contributed by atoms with E-state index in [1.165, 1.54) is 28.8 Å². The third kappa shape index (κ3) is 8.93. The topological polar surface area (TPSA) is 59.6 Å². The third-order valence-electron chi connectivity index (χ3n) is 8.75. The van der Waals surface area contributed by atoms with E-state index in [4.69, 9.17) is 21.7 Å². The summed E-state index contributed by atoms with van der Waals surface area (Å²) < 4.78 is 11.8. The van der Waals surface area contributed by atoms with E-state index in [1.54, 1.807) is 11.3 Å². The molecule has 0 aliphatic heterocycles. The van der Waals surface area contributed by atoms with Crippen molar-refractivity contribution in [2.45, 2.75) is 124 Å². The molecule has 1 aliphatic carbocycles. The van der Waals surface area contributed by atoms with Gasteiger partial charge in [-0.15, -0.1) is 11.3 Å². The normalized spacial score (nSPS) is 14.0. The molecule has 3 rings (SSSR count). The highest BCUT2D eigenvalue weighted by molar-refractivity contribution is 7.80. The molecule has 41 heavy (non-hydrogen) atoms. The molecule has 0 radical (unpaired) electrons. The second-order valence-electron chi connectivity index (χ2n) is 12.5. The van der Waals surface area contributed by atoms with Crippen LogP contribution >= 0.6 is 23.6 Å². The molecule has 0 unspecified atom stereocenters. The Balaban J connectivity index is 1.55. The molecule has 0 saturated carbocycles. The maximum Gasteiger partial charge on any atom is 0.341 e. The minimum atomic E-state index is -0.245. The minimum absolute atomic E-state index is 0.0518. The lowest BCUT2D eigenvalue weighted by Gasteiger charge is -2.30. The van der Waals surface area contributed by atoms with Gasteiger partial charge in [0.1, 0.15) is 10.8 Å². The summed E-state index contributed by atoms with van der Waals surface area (Å²) in [7, 11) is 0. The van der Waals surface area contributed by atoms with Gasteiger partial charge in [0.05, 0.1) is 18.8 Å². The summed E-state index contributed by atoms with van der Waals surface area (Å²) in [5.41, 5.74) is 4.71. The van der Waals surface area contributed by atoms with Crippen LogP contribution in [0.4, 0.5) is 5.00 Å². The first-order valence-electron chi connectivity index (χ1n) is 15.7. The number of carbonyl (C=O) groups excluding carboxylic acids is 1. The Morgan fingerprint density at radius 3 is 2.37 bits per heavy atom. The predicted molar refractivity (Wildman–Crippen MR) is 178 cm³/mol. The number of thiocarbonyl (C=S) groups is 1. The number of rotatable bonds is 13. The highest BCUT2D eigenvalue weighted by atomic mass is 32.1. The molecule has 1 aliphatic rings. The largest absolute Gasteiger partial charge is 0.493 e. The fourth-order valence-corrected chi connectivity index (χ4v) is 6.74. The molecule has 0 spiro atoms. The van der Waals surface area contributed by atoms with Gasteiger partial charge in [-0.25, -0.2) is 4.79 Å². The monoisotopic (exact) mass is 600 g/mol. The molecule has 1 aromatic heterocycles. The Bertz CT molecular complexity index is 1170. The summed E-state index contributed by atoms with van der Waals surface area (Å²) in [6.45, 7) is 17.3. The Hall–Kier alpha value is -2.12. The summed E-state index contributed by atoms with van der Waals surface area (Å²) in [4.78, 5) is 14.2. The molecule has 5 nitrogen and oxygen atoms in total. The molecule has 0 bridgehead atoms. The van der Waals surface area contributed by atoms with E-state index >= 15 is 0 Å². The van der Waals surface area contributed by atoms with E-state index in [2.05, 4.69) is 70.4 Å². The molecule has 0 amide bonds. The molecule has 0 atom stereocenters. The summed E-state index contributed by atoms with van der Waals surface area (Å²) in [6, 6.07) is 6.77. The number of anilines is 1. The van der Waals surface area contributed by atoms with Gasteiger partial charge in [0.15, 0.2) is 5.11 Å². The molecule has 0 fully saturated rings. The van der Waals surface area contributed by atoms with Crippen molar-refractivity contribution in [3.05, 3.63) is 45.3 Å². The van der Waals surface area contributed by atoms with Crippen LogP contribution in [0.25, 0.3) is 0 Å². The number of carbonyl (C=O) groups is 1. The Morgan fingerprint density at radius 2 is 1.68 bits per heavy atom. The van der Waals surface area contributed by atoms with E-state index in [0.717, 1.165) is 74.2 Å². The van der Waals surface area contributed by atoms with Crippen LogP contribution in [0.2, 0.25) is 0 Å². The Kier molecular flexibility index (Phi) is 12.5. The lowest BCUT2D eigenvalue weighted by Crippen LogP contribution is -2.29. The lowest BCUT2D eigenvalue weighted by molar-refractivity contribution is 0.0526. The number of nitrogens with one attached hydrogen (secondary N) is 2. The van der Waals surface area contributed by atoms with Gasteiger partial charge in [0, 0.05) is 17.0 Å². The number of fused-ring (bicyclic) bond motifs is 1. The van der Waals surface area contributed by atoms with E-state index in [-0.39, 0.29) is 16.8 Å². The van der Waals surface area contributed by atoms with E-state index in [1.807, 2.05) is 6.92 Å². The quantitative estimate of drug-likeness (QED) is 0.136. The first-order valence-corrected chi connectivity index (χ1v) is 16.9.